The summed E-state index contributed by atoms with van der Waals surface area (Å²) in [5, 5.41) is 4.42. The summed E-state index contributed by atoms with van der Waals surface area (Å²) in [5.41, 5.74) is 6.67. The molecule has 0 radical (unpaired) electrons. The predicted molar refractivity (Wildman–Crippen MR) is 84.5 cm³/mol. The van der Waals surface area contributed by atoms with Crippen molar-refractivity contribution < 1.29 is 4.79 Å². The molecule has 0 aliphatic rings. The molecule has 2 rings (SSSR count). The normalized spacial score (nSPS) is 10.3. The van der Waals surface area contributed by atoms with Crippen LogP contribution in [0.25, 0.3) is 0 Å². The molecule has 104 valence electrons. The van der Waals surface area contributed by atoms with Crippen molar-refractivity contribution in [2.24, 2.45) is 0 Å². The summed E-state index contributed by atoms with van der Waals surface area (Å²) >= 11 is 13.0. The van der Waals surface area contributed by atoms with Gasteiger partial charge < -0.3 is 11.1 Å². The number of halogens is 2. The van der Waals surface area contributed by atoms with Gasteiger partial charge in [0.15, 0.2) is 0 Å². The van der Waals surface area contributed by atoms with E-state index in [0.29, 0.717) is 21.4 Å². The molecule has 3 N–H and O–H groups in total. The molecule has 0 unspecified atom stereocenters. The first-order valence-corrected chi connectivity index (χ1v) is 7.38. The van der Waals surface area contributed by atoms with Gasteiger partial charge in [0.1, 0.15) is 0 Å². The lowest BCUT2D eigenvalue weighted by molar-refractivity contribution is -0.113. The number of hydrogen-bond acceptors (Lipinski definition) is 4. The van der Waals surface area contributed by atoms with E-state index in [2.05, 4.69) is 10.3 Å². The zero-order valence-corrected chi connectivity index (χ0v) is 12.6. The number of nitrogens with one attached hydrogen (secondary N) is 1. The van der Waals surface area contributed by atoms with Crippen LogP contribution in [0.4, 0.5) is 11.4 Å². The third-order valence-electron chi connectivity index (χ3n) is 2.32. The van der Waals surface area contributed by atoms with Crippen molar-refractivity contribution in [3.05, 3.63) is 46.6 Å². The van der Waals surface area contributed by atoms with Crippen LogP contribution in [-0.4, -0.2) is 16.6 Å². The summed E-state index contributed by atoms with van der Waals surface area (Å²) in [6.07, 6.45) is 1.54. The summed E-state index contributed by atoms with van der Waals surface area (Å²) in [6, 6.07) is 8.42. The molecule has 0 saturated carbocycles. The van der Waals surface area contributed by atoms with Crippen LogP contribution < -0.4 is 11.1 Å². The molecule has 2 aromatic rings. The molecule has 0 spiro atoms. The number of nitrogen functional groups attached to an aromatic ring is 1. The van der Waals surface area contributed by atoms with E-state index in [-0.39, 0.29) is 11.7 Å². The molecule has 1 heterocycles. The topological polar surface area (TPSA) is 68.0 Å². The largest absolute Gasteiger partial charge is 0.399 e. The maximum Gasteiger partial charge on any atom is 0.234 e. The fourth-order valence-corrected chi connectivity index (χ4v) is 2.40. The zero-order valence-electron chi connectivity index (χ0n) is 10.3. The minimum Gasteiger partial charge on any atom is -0.399 e. The van der Waals surface area contributed by atoms with E-state index in [9.17, 15) is 4.79 Å². The monoisotopic (exact) mass is 327 g/mol. The van der Waals surface area contributed by atoms with Crippen molar-refractivity contribution in [3.8, 4) is 0 Å². The highest BCUT2D eigenvalue weighted by Crippen LogP contribution is 2.24. The van der Waals surface area contributed by atoms with Crippen LogP contribution in [0.3, 0.4) is 0 Å². The lowest BCUT2D eigenvalue weighted by Gasteiger charge is -2.07. The van der Waals surface area contributed by atoms with Gasteiger partial charge in [-0.05, 0) is 30.3 Å². The first kappa shape index (κ1) is 15.0. The van der Waals surface area contributed by atoms with E-state index < -0.39 is 0 Å². The van der Waals surface area contributed by atoms with Crippen molar-refractivity contribution in [3.63, 3.8) is 0 Å². The molecule has 0 atom stereocenters. The maximum atomic E-state index is 11.8. The number of nitrogens with zero attached hydrogens (tertiary/aromatic N) is 1. The number of rotatable bonds is 4. The van der Waals surface area contributed by atoms with Crippen molar-refractivity contribution in [1.29, 1.82) is 0 Å². The van der Waals surface area contributed by atoms with Gasteiger partial charge in [0.25, 0.3) is 0 Å². The Morgan fingerprint density at radius 2 is 2.10 bits per heavy atom. The predicted octanol–water partition coefficient (Wildman–Crippen LogP) is 3.70. The fraction of sp³-hybridized carbons (Fsp3) is 0.0769. The summed E-state index contributed by atoms with van der Waals surface area (Å²) in [4.78, 5) is 15.9. The second-order valence-electron chi connectivity index (χ2n) is 3.89. The van der Waals surface area contributed by atoms with Gasteiger partial charge in [-0.25, -0.2) is 4.98 Å². The highest BCUT2D eigenvalue weighted by Gasteiger charge is 2.07. The second-order valence-corrected chi connectivity index (χ2v) is 5.73. The lowest BCUT2D eigenvalue weighted by atomic mass is 10.3. The number of nitrogens with two attached hydrogens (primary N) is 1. The van der Waals surface area contributed by atoms with E-state index in [1.807, 2.05) is 0 Å². The number of carbonyl (C=O) groups excluding carboxylic acids is 1. The van der Waals surface area contributed by atoms with Gasteiger partial charge in [-0.1, -0.05) is 35.0 Å². The first-order valence-electron chi connectivity index (χ1n) is 5.64. The van der Waals surface area contributed by atoms with Gasteiger partial charge in [0.2, 0.25) is 5.91 Å². The Hall–Kier alpha value is -1.43. The number of hydrogen-bond donors (Lipinski definition) is 2. The molecule has 0 bridgehead atoms. The maximum absolute atomic E-state index is 11.8. The Kier molecular flexibility index (Phi) is 5.11. The zero-order chi connectivity index (χ0) is 14.5. The molecule has 0 saturated heterocycles. The van der Waals surface area contributed by atoms with Gasteiger partial charge >= 0.3 is 0 Å². The third-order valence-corrected chi connectivity index (χ3v) is 3.80. The lowest BCUT2D eigenvalue weighted by Crippen LogP contribution is -2.14. The van der Waals surface area contributed by atoms with Crippen LogP contribution >= 0.6 is 35.0 Å². The van der Waals surface area contributed by atoms with Crippen molar-refractivity contribution >= 4 is 52.2 Å². The highest BCUT2D eigenvalue weighted by molar-refractivity contribution is 7.99. The number of anilines is 2. The molecule has 20 heavy (non-hydrogen) atoms. The number of aromatic nitrogens is 1. The minimum absolute atomic E-state index is 0.168. The number of thioether (sulfide) groups is 1. The van der Waals surface area contributed by atoms with Gasteiger partial charge in [-0.3, -0.25) is 4.79 Å². The molecule has 0 aliphatic heterocycles. The van der Waals surface area contributed by atoms with Crippen molar-refractivity contribution in [1.82, 2.24) is 4.98 Å². The Morgan fingerprint density at radius 1 is 1.30 bits per heavy atom. The summed E-state index contributed by atoms with van der Waals surface area (Å²) in [6.45, 7) is 0. The number of pyridine rings is 1. The van der Waals surface area contributed by atoms with E-state index in [1.54, 1.807) is 36.5 Å². The Labute approximate surface area is 130 Å². The first-order chi connectivity index (χ1) is 9.54. The standard InChI is InChI=1S/C13H11Cl2N3OS/c14-8-1-4-13(17-6-8)20-7-12(19)18-11-3-2-9(16)5-10(11)15/h1-6H,7,16H2,(H,18,19). The Morgan fingerprint density at radius 3 is 2.75 bits per heavy atom. The summed E-state index contributed by atoms with van der Waals surface area (Å²) < 4.78 is 0. The van der Waals surface area contributed by atoms with Crippen LogP contribution in [0.1, 0.15) is 0 Å². The van der Waals surface area contributed by atoms with Gasteiger partial charge in [0, 0.05) is 11.9 Å². The molecule has 1 aromatic carbocycles. The van der Waals surface area contributed by atoms with Crippen LogP contribution in [0.2, 0.25) is 10.0 Å². The van der Waals surface area contributed by atoms with Crippen LogP contribution in [0.5, 0.6) is 0 Å². The van der Waals surface area contributed by atoms with E-state index in [0.717, 1.165) is 5.03 Å². The Balaban J connectivity index is 1.90. The molecule has 1 aromatic heterocycles. The van der Waals surface area contributed by atoms with Crippen LogP contribution in [-0.2, 0) is 4.79 Å². The fourth-order valence-electron chi connectivity index (χ4n) is 1.41. The molecular formula is C13H11Cl2N3OS. The molecule has 1 amide bonds. The van der Waals surface area contributed by atoms with E-state index >= 15 is 0 Å². The van der Waals surface area contributed by atoms with Crippen molar-refractivity contribution in [2.45, 2.75) is 5.03 Å². The van der Waals surface area contributed by atoms with Crippen LogP contribution in [0.15, 0.2) is 41.6 Å². The smallest absolute Gasteiger partial charge is 0.234 e. The molecule has 4 nitrogen and oxygen atoms in total. The number of carbonyl (C=O) groups is 1. The van der Waals surface area contributed by atoms with E-state index in [4.69, 9.17) is 28.9 Å². The van der Waals surface area contributed by atoms with Gasteiger partial charge in [0.05, 0.1) is 26.5 Å². The second kappa shape index (κ2) is 6.83. The number of amides is 1. The van der Waals surface area contributed by atoms with Gasteiger partial charge in [-0.2, -0.15) is 0 Å². The SMILES string of the molecule is Nc1ccc(NC(=O)CSc2ccc(Cl)cn2)c(Cl)c1. The van der Waals surface area contributed by atoms with Crippen molar-refractivity contribution in [2.75, 3.05) is 16.8 Å². The summed E-state index contributed by atoms with van der Waals surface area (Å²) in [7, 11) is 0. The molecule has 7 heteroatoms. The number of benzene rings is 1. The quantitative estimate of drug-likeness (QED) is 0.663. The molecule has 0 fully saturated rings. The molecular weight excluding hydrogens is 317 g/mol. The minimum atomic E-state index is -0.168. The average Bonchev–Trinajstić information content (AvgIpc) is 2.41. The average molecular weight is 328 g/mol. The third kappa shape index (κ3) is 4.30. The summed E-state index contributed by atoms with van der Waals surface area (Å²) in [5.74, 6) is 0.0634. The molecule has 0 aliphatic carbocycles. The van der Waals surface area contributed by atoms with E-state index in [1.165, 1.54) is 11.8 Å². The van der Waals surface area contributed by atoms with Crippen LogP contribution in [0, 0.1) is 0 Å². The highest BCUT2D eigenvalue weighted by atomic mass is 35.5. The van der Waals surface area contributed by atoms with Gasteiger partial charge in [-0.15, -0.1) is 0 Å². The Bertz CT molecular complexity index is 620.